The van der Waals surface area contributed by atoms with E-state index in [9.17, 15) is 13.2 Å². The molecule has 0 saturated heterocycles. The van der Waals surface area contributed by atoms with Gasteiger partial charge in [-0.2, -0.15) is 0 Å². The number of nitrogens with one attached hydrogen (secondary N) is 1. The molecule has 0 aliphatic carbocycles. The summed E-state index contributed by atoms with van der Waals surface area (Å²) in [5.74, 6) is -0.476. The van der Waals surface area contributed by atoms with E-state index in [-0.39, 0.29) is 21.8 Å². The van der Waals surface area contributed by atoms with Gasteiger partial charge in [0.2, 0.25) is 14.9 Å². The lowest BCUT2D eigenvalue weighted by Gasteiger charge is -2.29. The van der Waals surface area contributed by atoms with E-state index < -0.39 is 15.7 Å². The molecule has 2 heterocycles. The molecule has 160 valence electrons. The van der Waals surface area contributed by atoms with Crippen LogP contribution in [0.3, 0.4) is 0 Å². The van der Waals surface area contributed by atoms with Crippen molar-refractivity contribution in [2.24, 2.45) is 0 Å². The second-order valence-electron chi connectivity index (χ2n) is 6.54. The van der Waals surface area contributed by atoms with E-state index in [4.69, 9.17) is 4.42 Å². The van der Waals surface area contributed by atoms with E-state index in [1.54, 1.807) is 23.5 Å². The third-order valence-electron chi connectivity index (χ3n) is 4.77. The second kappa shape index (κ2) is 9.91. The van der Waals surface area contributed by atoms with Gasteiger partial charge < -0.3 is 9.73 Å². The van der Waals surface area contributed by atoms with Crippen LogP contribution >= 0.6 is 27.3 Å². The predicted octanol–water partition coefficient (Wildman–Crippen LogP) is 4.75. The highest BCUT2D eigenvalue weighted by molar-refractivity contribution is 9.10. The topological polar surface area (TPSA) is 79.6 Å². The summed E-state index contributed by atoms with van der Waals surface area (Å²) in [5, 5.41) is 4.64. The summed E-state index contributed by atoms with van der Waals surface area (Å²) in [6, 6.07) is 13.0. The summed E-state index contributed by atoms with van der Waals surface area (Å²) in [6.45, 7) is 6.27. The Labute approximate surface area is 188 Å². The second-order valence-corrected chi connectivity index (χ2v) is 10.3. The van der Waals surface area contributed by atoms with E-state index in [1.807, 2.05) is 11.4 Å². The Hall–Kier alpha value is -1.94. The molecular formula is C21H23BrN2O4S2. The first-order chi connectivity index (χ1) is 14.4. The van der Waals surface area contributed by atoms with Gasteiger partial charge in [0, 0.05) is 15.9 Å². The molecule has 0 aliphatic heterocycles. The van der Waals surface area contributed by atoms with Gasteiger partial charge in [0.1, 0.15) is 0 Å². The molecule has 6 nitrogen and oxygen atoms in total. The fourth-order valence-corrected chi connectivity index (χ4v) is 5.45. The van der Waals surface area contributed by atoms with Gasteiger partial charge in [0.15, 0.2) is 5.76 Å². The third-order valence-corrected chi connectivity index (χ3v) is 7.92. The van der Waals surface area contributed by atoms with Gasteiger partial charge in [0.05, 0.1) is 10.9 Å². The Morgan fingerprint density at radius 3 is 2.43 bits per heavy atom. The third kappa shape index (κ3) is 5.03. The van der Waals surface area contributed by atoms with Gasteiger partial charge in [-0.25, -0.2) is 8.42 Å². The van der Waals surface area contributed by atoms with Gasteiger partial charge in [-0.05, 0) is 60.9 Å². The number of amides is 1. The fourth-order valence-electron chi connectivity index (χ4n) is 3.15. The first kappa shape index (κ1) is 22.7. The van der Waals surface area contributed by atoms with E-state index in [2.05, 4.69) is 46.1 Å². The molecule has 3 rings (SSSR count). The van der Waals surface area contributed by atoms with Crippen LogP contribution in [0.2, 0.25) is 0 Å². The molecule has 1 atom stereocenters. The maximum absolute atomic E-state index is 12.7. The molecular weight excluding hydrogens is 488 g/mol. The average Bonchev–Trinajstić information content (AvgIpc) is 3.44. The van der Waals surface area contributed by atoms with Crippen LogP contribution in [0, 0.1) is 0 Å². The molecule has 0 aliphatic rings. The minimum atomic E-state index is -3.83. The lowest BCUT2D eigenvalue weighted by Crippen LogP contribution is -2.37. The molecule has 0 fully saturated rings. The lowest BCUT2D eigenvalue weighted by molar-refractivity contribution is 0.0902. The van der Waals surface area contributed by atoms with Crippen molar-refractivity contribution in [2.75, 3.05) is 19.6 Å². The number of rotatable bonds is 9. The number of furan rings is 1. The Balaban J connectivity index is 1.73. The van der Waals surface area contributed by atoms with Gasteiger partial charge in [0.25, 0.3) is 5.91 Å². The number of halogens is 1. The van der Waals surface area contributed by atoms with E-state index in [0.717, 1.165) is 22.4 Å². The van der Waals surface area contributed by atoms with Gasteiger partial charge in [-0.15, -0.1) is 11.3 Å². The van der Waals surface area contributed by atoms with E-state index in [1.165, 1.54) is 24.3 Å². The van der Waals surface area contributed by atoms with Crippen molar-refractivity contribution in [3.05, 3.63) is 69.0 Å². The minimum Gasteiger partial charge on any atom is -0.439 e. The summed E-state index contributed by atoms with van der Waals surface area (Å²) >= 11 is 4.93. The molecule has 1 unspecified atom stereocenters. The number of sulfone groups is 1. The van der Waals surface area contributed by atoms with E-state index in [0.29, 0.717) is 6.54 Å². The van der Waals surface area contributed by atoms with Crippen LogP contribution in [0.4, 0.5) is 0 Å². The molecule has 0 radical (unpaired) electrons. The molecule has 30 heavy (non-hydrogen) atoms. The van der Waals surface area contributed by atoms with Crippen molar-refractivity contribution < 1.29 is 17.6 Å². The highest BCUT2D eigenvalue weighted by Crippen LogP contribution is 2.26. The number of carbonyl (C=O) groups excluding carboxylic acids is 1. The van der Waals surface area contributed by atoms with E-state index >= 15 is 0 Å². The summed E-state index contributed by atoms with van der Waals surface area (Å²) in [4.78, 5) is 16.1. The standard InChI is InChI=1S/C21H23BrN2O4S2/c1-3-24(4-2)17(19-6-5-13-29-19)14-23-21(25)18-11-12-20(28-18)30(26,27)16-9-7-15(22)8-10-16/h5-13,17H,3-4,14H2,1-2H3,(H,23,25). The van der Waals surface area contributed by atoms with Crippen LogP contribution in [0.1, 0.15) is 35.3 Å². The van der Waals surface area contributed by atoms with Crippen LogP contribution in [-0.2, 0) is 9.84 Å². The molecule has 0 bridgehead atoms. The largest absolute Gasteiger partial charge is 0.439 e. The molecule has 0 spiro atoms. The van der Waals surface area contributed by atoms with Crippen LogP contribution in [0.5, 0.6) is 0 Å². The summed E-state index contributed by atoms with van der Waals surface area (Å²) in [7, 11) is -3.83. The van der Waals surface area contributed by atoms with Crippen LogP contribution < -0.4 is 5.32 Å². The molecule has 0 saturated carbocycles. The van der Waals surface area contributed by atoms with Crippen molar-refractivity contribution in [3.8, 4) is 0 Å². The minimum absolute atomic E-state index is 0.0323. The normalized spacial score (nSPS) is 12.8. The number of nitrogens with zero attached hydrogens (tertiary/aromatic N) is 1. The summed E-state index contributed by atoms with van der Waals surface area (Å²) in [5.41, 5.74) is 0. The maximum atomic E-state index is 12.7. The molecule has 9 heteroatoms. The number of hydrogen-bond donors (Lipinski definition) is 1. The first-order valence-electron chi connectivity index (χ1n) is 9.53. The summed E-state index contributed by atoms with van der Waals surface area (Å²) in [6.07, 6.45) is 0. The molecule has 1 aromatic carbocycles. The molecule has 1 amide bonds. The zero-order valence-corrected chi connectivity index (χ0v) is 19.9. The van der Waals surface area contributed by atoms with Gasteiger partial charge >= 0.3 is 0 Å². The SMILES string of the molecule is CCN(CC)C(CNC(=O)c1ccc(S(=O)(=O)c2ccc(Br)cc2)o1)c1cccs1. The Morgan fingerprint density at radius 1 is 1.13 bits per heavy atom. The molecule has 2 aromatic heterocycles. The highest BCUT2D eigenvalue weighted by atomic mass is 79.9. The van der Waals surface area contributed by atoms with Crippen molar-refractivity contribution >= 4 is 43.0 Å². The monoisotopic (exact) mass is 510 g/mol. The smallest absolute Gasteiger partial charge is 0.287 e. The Kier molecular flexibility index (Phi) is 7.51. The number of hydrogen-bond acceptors (Lipinski definition) is 6. The number of likely N-dealkylation sites (N-methyl/N-ethyl adjacent to an activating group) is 1. The Bertz CT molecular complexity index is 1070. The molecule has 1 N–H and O–H groups in total. The molecule has 3 aromatic rings. The number of benzene rings is 1. The average molecular weight is 511 g/mol. The van der Waals surface area contributed by atoms with Crippen molar-refractivity contribution in [2.45, 2.75) is 29.9 Å². The van der Waals surface area contributed by atoms with Crippen molar-refractivity contribution in [1.29, 1.82) is 0 Å². The first-order valence-corrected chi connectivity index (χ1v) is 12.7. The van der Waals surface area contributed by atoms with Crippen molar-refractivity contribution in [3.63, 3.8) is 0 Å². The van der Waals surface area contributed by atoms with Crippen LogP contribution in [-0.4, -0.2) is 38.9 Å². The van der Waals surface area contributed by atoms with Gasteiger partial charge in [-0.3, -0.25) is 9.69 Å². The quantitative estimate of drug-likeness (QED) is 0.449. The highest BCUT2D eigenvalue weighted by Gasteiger charge is 2.25. The maximum Gasteiger partial charge on any atom is 0.287 e. The summed E-state index contributed by atoms with van der Waals surface area (Å²) < 4.78 is 31.6. The lowest BCUT2D eigenvalue weighted by atomic mass is 10.2. The fraction of sp³-hybridized carbons (Fsp3) is 0.286. The van der Waals surface area contributed by atoms with Crippen LogP contribution in [0.15, 0.2) is 72.8 Å². The number of carbonyl (C=O) groups is 1. The van der Waals surface area contributed by atoms with Gasteiger partial charge in [-0.1, -0.05) is 35.8 Å². The number of thiophene rings is 1. The van der Waals surface area contributed by atoms with Crippen LogP contribution in [0.25, 0.3) is 0 Å². The zero-order valence-electron chi connectivity index (χ0n) is 16.7. The van der Waals surface area contributed by atoms with Crippen molar-refractivity contribution in [1.82, 2.24) is 10.2 Å². The zero-order chi connectivity index (χ0) is 21.7. The predicted molar refractivity (Wildman–Crippen MR) is 121 cm³/mol. The Morgan fingerprint density at radius 2 is 1.83 bits per heavy atom.